The second kappa shape index (κ2) is 7.02. The fraction of sp³-hybridized carbons (Fsp3) is 0.0556. The van der Waals surface area contributed by atoms with E-state index < -0.39 is 29.7 Å². The Bertz CT molecular complexity index is 989. The molecule has 27 heavy (non-hydrogen) atoms. The predicted molar refractivity (Wildman–Crippen MR) is 85.9 cm³/mol. The van der Waals surface area contributed by atoms with E-state index in [9.17, 15) is 27.5 Å². The Morgan fingerprint density at radius 2 is 1.67 bits per heavy atom. The molecule has 1 N–H and O–H groups in total. The molecule has 0 amide bonds. The summed E-state index contributed by atoms with van der Waals surface area (Å²) in [5, 5.41) is 9.39. The zero-order valence-electron chi connectivity index (χ0n) is 13.4. The normalized spacial score (nSPS) is 11.3. The van der Waals surface area contributed by atoms with Gasteiger partial charge in [-0.3, -0.25) is 0 Å². The van der Waals surface area contributed by atoms with Gasteiger partial charge in [0.2, 0.25) is 11.7 Å². The monoisotopic (exact) mass is 378 g/mol. The van der Waals surface area contributed by atoms with Gasteiger partial charge in [0.15, 0.2) is 0 Å². The third-order valence-electron chi connectivity index (χ3n) is 3.49. The Morgan fingerprint density at radius 1 is 1.00 bits per heavy atom. The highest BCUT2D eigenvalue weighted by Crippen LogP contribution is 2.31. The number of aromatic carboxylic acids is 1. The van der Waals surface area contributed by atoms with Gasteiger partial charge in [0.05, 0.1) is 0 Å². The van der Waals surface area contributed by atoms with Crippen molar-refractivity contribution in [1.29, 1.82) is 0 Å². The van der Waals surface area contributed by atoms with Crippen LogP contribution in [0.1, 0.15) is 16.2 Å². The summed E-state index contributed by atoms with van der Waals surface area (Å²) in [5.74, 6) is -3.84. The Kier molecular flexibility index (Phi) is 4.76. The minimum Gasteiger partial charge on any atom is -0.478 e. The molecule has 1 aromatic heterocycles. The van der Waals surface area contributed by atoms with Crippen LogP contribution in [-0.4, -0.2) is 21.0 Å². The number of ether oxygens (including phenoxy) is 1. The van der Waals surface area contributed by atoms with Gasteiger partial charge in [-0.05, 0) is 35.4 Å². The first-order valence-electron chi connectivity index (χ1n) is 7.45. The average Bonchev–Trinajstić information content (AvgIpc) is 2.62. The molecule has 0 unspecified atom stereocenters. The lowest BCUT2D eigenvalue weighted by Gasteiger charge is -2.11. The molecule has 5 nitrogen and oxygen atoms in total. The average molecular weight is 378 g/mol. The number of aromatic nitrogens is 2. The van der Waals surface area contributed by atoms with Crippen molar-refractivity contribution in [3.05, 3.63) is 71.9 Å². The summed E-state index contributed by atoms with van der Waals surface area (Å²) >= 11 is 0. The summed E-state index contributed by atoms with van der Waals surface area (Å²) in [7, 11) is 0. The quantitative estimate of drug-likeness (QED) is 0.661. The Hall–Kier alpha value is -3.49. The second-order valence-electron chi connectivity index (χ2n) is 5.34. The third kappa shape index (κ3) is 4.20. The van der Waals surface area contributed by atoms with Crippen molar-refractivity contribution >= 4 is 5.97 Å². The zero-order valence-corrected chi connectivity index (χ0v) is 13.4. The number of carbonyl (C=O) groups is 1. The number of hydrogen-bond acceptors (Lipinski definition) is 4. The lowest BCUT2D eigenvalue weighted by molar-refractivity contribution is -0.145. The van der Waals surface area contributed by atoms with Crippen molar-refractivity contribution in [3.8, 4) is 22.8 Å². The second-order valence-corrected chi connectivity index (χ2v) is 5.34. The lowest BCUT2D eigenvalue weighted by atomic mass is 10.0. The molecule has 9 heteroatoms. The maximum Gasteiger partial charge on any atom is 0.451 e. The van der Waals surface area contributed by atoms with E-state index in [-0.39, 0.29) is 11.3 Å². The van der Waals surface area contributed by atoms with E-state index in [1.54, 1.807) is 0 Å². The van der Waals surface area contributed by atoms with Crippen LogP contribution >= 0.6 is 0 Å². The van der Waals surface area contributed by atoms with Gasteiger partial charge >= 0.3 is 12.1 Å². The molecule has 0 bridgehead atoms. The highest BCUT2D eigenvalue weighted by atomic mass is 19.4. The minimum atomic E-state index is -4.76. The van der Waals surface area contributed by atoms with Crippen LogP contribution in [0.25, 0.3) is 11.1 Å². The first-order chi connectivity index (χ1) is 12.7. The van der Waals surface area contributed by atoms with Gasteiger partial charge in [0.1, 0.15) is 17.1 Å². The maximum atomic E-state index is 13.0. The van der Waals surface area contributed by atoms with Gasteiger partial charge in [-0.25, -0.2) is 14.2 Å². The molecule has 3 rings (SSSR count). The van der Waals surface area contributed by atoms with Crippen molar-refractivity contribution in [2.24, 2.45) is 0 Å². The molecule has 1 heterocycles. The van der Waals surface area contributed by atoms with Gasteiger partial charge in [-0.15, -0.1) is 0 Å². The number of halogens is 4. The van der Waals surface area contributed by atoms with E-state index in [1.165, 1.54) is 42.5 Å². The predicted octanol–water partition coefficient (Wildman–Crippen LogP) is 4.79. The van der Waals surface area contributed by atoms with Crippen LogP contribution in [0.4, 0.5) is 17.6 Å². The van der Waals surface area contributed by atoms with E-state index in [2.05, 4.69) is 9.97 Å². The number of hydrogen-bond donors (Lipinski definition) is 1. The zero-order chi connectivity index (χ0) is 19.6. The van der Waals surface area contributed by atoms with Gasteiger partial charge in [0, 0.05) is 12.3 Å². The van der Waals surface area contributed by atoms with Crippen molar-refractivity contribution in [2.45, 2.75) is 6.18 Å². The highest BCUT2D eigenvalue weighted by Gasteiger charge is 2.35. The standard InChI is InChI=1S/C18H10F4N2O3/c19-12-4-1-10(2-5-12)11-3-6-14(13(9-11)16(25)26)27-15-7-8-23-17(24-15)18(20,21)22/h1-9H,(H,25,26). The Morgan fingerprint density at radius 3 is 2.30 bits per heavy atom. The third-order valence-corrected chi connectivity index (χ3v) is 3.49. The van der Waals surface area contributed by atoms with Crippen molar-refractivity contribution in [1.82, 2.24) is 9.97 Å². The van der Waals surface area contributed by atoms with Crippen LogP contribution in [0.15, 0.2) is 54.7 Å². The number of carboxylic acid groups (broad SMARTS) is 1. The molecule has 0 atom stereocenters. The minimum absolute atomic E-state index is 0.194. The summed E-state index contributed by atoms with van der Waals surface area (Å²) in [6, 6.07) is 10.5. The maximum absolute atomic E-state index is 13.0. The van der Waals surface area contributed by atoms with Crippen LogP contribution in [0.5, 0.6) is 11.6 Å². The van der Waals surface area contributed by atoms with E-state index in [0.717, 1.165) is 12.3 Å². The first kappa shape index (κ1) is 18.3. The van der Waals surface area contributed by atoms with E-state index in [0.29, 0.717) is 11.1 Å². The molecular formula is C18H10F4N2O3. The molecule has 0 radical (unpaired) electrons. The number of alkyl halides is 3. The molecule has 0 aliphatic heterocycles. The van der Waals surface area contributed by atoms with Crippen molar-refractivity contribution in [3.63, 3.8) is 0 Å². The van der Waals surface area contributed by atoms with Gasteiger partial charge in [-0.2, -0.15) is 18.2 Å². The largest absolute Gasteiger partial charge is 0.478 e. The van der Waals surface area contributed by atoms with Crippen LogP contribution < -0.4 is 4.74 Å². The fourth-order valence-corrected chi connectivity index (χ4v) is 2.26. The fourth-order valence-electron chi connectivity index (χ4n) is 2.26. The van der Waals surface area contributed by atoms with Gasteiger partial charge < -0.3 is 9.84 Å². The highest BCUT2D eigenvalue weighted by molar-refractivity contribution is 5.92. The van der Waals surface area contributed by atoms with E-state index in [4.69, 9.17) is 4.74 Å². The number of rotatable bonds is 4. The van der Waals surface area contributed by atoms with Crippen LogP contribution in [-0.2, 0) is 6.18 Å². The topological polar surface area (TPSA) is 72.3 Å². The Labute approximate surface area is 149 Å². The lowest BCUT2D eigenvalue weighted by Crippen LogP contribution is -2.11. The molecule has 138 valence electrons. The summed E-state index contributed by atoms with van der Waals surface area (Å²) in [6.45, 7) is 0. The molecule has 3 aromatic rings. The summed E-state index contributed by atoms with van der Waals surface area (Å²) < 4.78 is 56.3. The van der Waals surface area contributed by atoms with E-state index in [1.807, 2.05) is 0 Å². The smallest absolute Gasteiger partial charge is 0.451 e. The molecule has 2 aromatic carbocycles. The van der Waals surface area contributed by atoms with Crippen LogP contribution in [0, 0.1) is 5.82 Å². The SMILES string of the molecule is O=C(O)c1cc(-c2ccc(F)cc2)ccc1Oc1ccnc(C(F)(F)F)n1. The number of nitrogens with zero attached hydrogens (tertiary/aromatic N) is 2. The van der Waals surface area contributed by atoms with Crippen molar-refractivity contribution < 1.29 is 32.2 Å². The van der Waals surface area contributed by atoms with E-state index >= 15 is 0 Å². The molecule has 0 fully saturated rings. The summed E-state index contributed by atoms with van der Waals surface area (Å²) in [6.07, 6.45) is -3.90. The molecule has 0 saturated heterocycles. The number of carboxylic acids is 1. The van der Waals surface area contributed by atoms with Gasteiger partial charge in [0.25, 0.3) is 0 Å². The Balaban J connectivity index is 1.96. The number of benzene rings is 2. The summed E-state index contributed by atoms with van der Waals surface area (Å²) in [4.78, 5) is 17.9. The van der Waals surface area contributed by atoms with Crippen LogP contribution in [0.3, 0.4) is 0 Å². The summed E-state index contributed by atoms with van der Waals surface area (Å²) in [5.41, 5.74) is 0.745. The molecule has 0 spiro atoms. The molecule has 0 saturated carbocycles. The van der Waals surface area contributed by atoms with Crippen molar-refractivity contribution in [2.75, 3.05) is 0 Å². The van der Waals surface area contributed by atoms with Crippen LogP contribution in [0.2, 0.25) is 0 Å². The molecule has 0 aliphatic carbocycles. The first-order valence-corrected chi connectivity index (χ1v) is 7.45. The molecule has 0 aliphatic rings. The van der Waals surface area contributed by atoms with Gasteiger partial charge in [-0.1, -0.05) is 18.2 Å². The molecular weight excluding hydrogens is 368 g/mol.